The summed E-state index contributed by atoms with van der Waals surface area (Å²) in [5.74, 6) is -1.01. The minimum atomic E-state index is -0.517. The molecule has 1 heterocycles. The topological polar surface area (TPSA) is 61.2 Å². The van der Waals surface area contributed by atoms with E-state index in [9.17, 15) is 9.59 Å². The summed E-state index contributed by atoms with van der Waals surface area (Å²) in [6.45, 7) is 4.13. The van der Waals surface area contributed by atoms with E-state index in [2.05, 4.69) is 6.07 Å². The predicted octanol–water partition coefficient (Wildman–Crippen LogP) is 3.20. The molecule has 0 fully saturated rings. The third kappa shape index (κ3) is 2.68. The van der Waals surface area contributed by atoms with Gasteiger partial charge >= 0.3 is 0 Å². The normalized spacial score (nSPS) is 14.4. The van der Waals surface area contributed by atoms with Crippen molar-refractivity contribution in [1.82, 2.24) is 0 Å². The van der Waals surface area contributed by atoms with Gasteiger partial charge in [-0.15, -0.1) is 0 Å². The van der Waals surface area contributed by atoms with Gasteiger partial charge in [-0.1, -0.05) is 11.6 Å². The molecule has 0 unspecified atom stereocenters. The minimum absolute atomic E-state index is 0.402. The molecular weight excluding hydrogens is 276 g/mol. The number of hydrogen-bond donors (Lipinski definition) is 0. The molecule has 4 nitrogen and oxygen atoms in total. The highest BCUT2D eigenvalue weighted by Gasteiger charge is 2.35. The Morgan fingerprint density at radius 2 is 2.05 bits per heavy atom. The summed E-state index contributed by atoms with van der Waals surface area (Å²) in [6, 6.07) is 7.04. The van der Waals surface area contributed by atoms with Crippen LogP contribution in [0.25, 0.3) is 0 Å². The number of carbonyl (C=O) groups excluding carboxylic acids is 2. The molecule has 0 saturated heterocycles. The summed E-state index contributed by atoms with van der Waals surface area (Å²) < 4.78 is 0. The molecule has 2 rings (SSSR count). The van der Waals surface area contributed by atoms with Gasteiger partial charge in [-0.3, -0.25) is 9.59 Å². The maximum absolute atomic E-state index is 12.0. The number of rotatable bonds is 4. The van der Waals surface area contributed by atoms with Crippen molar-refractivity contribution < 1.29 is 9.59 Å². The van der Waals surface area contributed by atoms with Gasteiger partial charge in [0.05, 0.1) is 22.7 Å². The van der Waals surface area contributed by atoms with Crippen molar-refractivity contribution in [1.29, 1.82) is 5.26 Å². The monoisotopic (exact) mass is 290 g/mol. The molecule has 0 spiro atoms. The highest BCUT2D eigenvalue weighted by Crippen LogP contribution is 2.32. The lowest BCUT2D eigenvalue weighted by Gasteiger charge is -2.19. The molecule has 1 aromatic rings. The Balaban J connectivity index is 2.14. The second-order valence-electron chi connectivity index (χ2n) is 5.55. The number of hydrogen-bond acceptors (Lipinski definition) is 3. The van der Waals surface area contributed by atoms with E-state index in [1.54, 1.807) is 18.2 Å². The molecule has 1 aromatic carbocycles. The van der Waals surface area contributed by atoms with Gasteiger partial charge in [-0.2, -0.15) is 5.26 Å². The number of nitriles is 1. The zero-order valence-electron chi connectivity index (χ0n) is 11.4. The first kappa shape index (κ1) is 14.5. The van der Waals surface area contributed by atoms with Crippen LogP contribution < -0.4 is 4.90 Å². The highest BCUT2D eigenvalue weighted by atomic mass is 35.5. The van der Waals surface area contributed by atoms with Gasteiger partial charge in [-0.05, 0) is 44.9 Å². The van der Waals surface area contributed by atoms with Crippen molar-refractivity contribution in [2.24, 2.45) is 5.41 Å². The van der Waals surface area contributed by atoms with E-state index in [-0.39, 0.29) is 0 Å². The third-order valence-corrected chi connectivity index (χ3v) is 3.66. The predicted molar refractivity (Wildman–Crippen MR) is 76.8 cm³/mol. The Kier molecular flexibility index (Phi) is 3.82. The Bertz CT molecular complexity index is 617. The summed E-state index contributed by atoms with van der Waals surface area (Å²) in [4.78, 5) is 25.3. The van der Waals surface area contributed by atoms with Crippen LogP contribution in [0.1, 0.15) is 37.0 Å². The summed E-state index contributed by atoms with van der Waals surface area (Å²) in [5.41, 5.74) is 0.547. The fourth-order valence-electron chi connectivity index (χ4n) is 2.22. The van der Waals surface area contributed by atoms with E-state index in [1.165, 1.54) is 4.90 Å². The fraction of sp³-hybridized carbons (Fsp3) is 0.400. The number of halogens is 1. The van der Waals surface area contributed by atoms with Gasteiger partial charge in [0.2, 0.25) is 0 Å². The van der Waals surface area contributed by atoms with Crippen LogP contribution in [-0.4, -0.2) is 18.2 Å². The number of carbonyl (C=O) groups is 2. The molecule has 0 saturated carbocycles. The smallest absolute Gasteiger partial charge is 0.299 e. The molecule has 1 aliphatic heterocycles. The van der Waals surface area contributed by atoms with Crippen LogP contribution in [0.5, 0.6) is 0 Å². The van der Waals surface area contributed by atoms with Gasteiger partial charge in [0.1, 0.15) is 0 Å². The summed E-state index contributed by atoms with van der Waals surface area (Å²) in [6.07, 6.45) is 1.32. The molecule has 0 atom stereocenters. The quantitative estimate of drug-likeness (QED) is 0.800. The van der Waals surface area contributed by atoms with Gasteiger partial charge in [-0.25, -0.2) is 0 Å². The number of amides is 1. The average molecular weight is 291 g/mol. The molecule has 5 heteroatoms. The fourth-order valence-corrected chi connectivity index (χ4v) is 2.39. The van der Waals surface area contributed by atoms with Gasteiger partial charge in [0, 0.05) is 11.6 Å². The van der Waals surface area contributed by atoms with Crippen LogP contribution in [0.2, 0.25) is 5.02 Å². The molecular formula is C15H15ClN2O2. The average Bonchev–Trinajstić information content (AvgIpc) is 2.63. The van der Waals surface area contributed by atoms with Gasteiger partial charge in [0.15, 0.2) is 0 Å². The standard InChI is InChI=1S/C15H15ClN2O2/c1-15(2,9-17)6-3-7-18-12-8-10(16)4-5-11(12)13(19)14(18)20/h4-5,8H,3,6-7H2,1-2H3. The zero-order chi connectivity index (χ0) is 14.9. The second kappa shape index (κ2) is 5.26. The summed E-state index contributed by atoms with van der Waals surface area (Å²) >= 11 is 5.92. The van der Waals surface area contributed by atoms with Gasteiger partial charge < -0.3 is 4.90 Å². The zero-order valence-corrected chi connectivity index (χ0v) is 12.2. The molecule has 1 aliphatic rings. The van der Waals surface area contributed by atoms with Crippen molar-refractivity contribution in [3.8, 4) is 6.07 Å². The summed E-state index contributed by atoms with van der Waals surface area (Å²) in [7, 11) is 0. The van der Waals surface area contributed by atoms with E-state index in [4.69, 9.17) is 16.9 Å². The number of anilines is 1. The van der Waals surface area contributed by atoms with E-state index in [0.717, 1.165) is 0 Å². The molecule has 0 N–H and O–H groups in total. The molecule has 20 heavy (non-hydrogen) atoms. The van der Waals surface area contributed by atoms with Crippen molar-refractivity contribution in [3.05, 3.63) is 28.8 Å². The first-order valence-corrected chi connectivity index (χ1v) is 6.80. The number of fused-ring (bicyclic) bond motifs is 1. The van der Waals surface area contributed by atoms with Crippen LogP contribution in [-0.2, 0) is 4.79 Å². The van der Waals surface area contributed by atoms with E-state index in [1.807, 2.05) is 13.8 Å². The van der Waals surface area contributed by atoms with Crippen LogP contribution in [0.3, 0.4) is 0 Å². The molecule has 104 valence electrons. The number of nitrogens with zero attached hydrogens (tertiary/aromatic N) is 2. The molecule has 1 amide bonds. The maximum atomic E-state index is 12.0. The van der Waals surface area contributed by atoms with Gasteiger partial charge in [0.25, 0.3) is 11.7 Å². The lowest BCUT2D eigenvalue weighted by atomic mass is 9.90. The van der Waals surface area contributed by atoms with Crippen molar-refractivity contribution in [3.63, 3.8) is 0 Å². The van der Waals surface area contributed by atoms with Crippen molar-refractivity contribution in [2.75, 3.05) is 11.4 Å². The largest absolute Gasteiger partial charge is 0.305 e. The molecule has 0 aromatic heterocycles. The Labute approximate surface area is 122 Å². The Hall–Kier alpha value is -1.86. The Morgan fingerprint density at radius 1 is 1.35 bits per heavy atom. The molecule has 0 bridgehead atoms. The SMILES string of the molecule is CC(C)(C#N)CCCN1C(=O)C(=O)c2ccc(Cl)cc21. The maximum Gasteiger partial charge on any atom is 0.299 e. The van der Waals surface area contributed by atoms with E-state index >= 15 is 0 Å². The first-order chi connectivity index (χ1) is 9.35. The van der Waals surface area contributed by atoms with Crippen LogP contribution in [0, 0.1) is 16.7 Å². The Morgan fingerprint density at radius 3 is 2.70 bits per heavy atom. The highest BCUT2D eigenvalue weighted by molar-refractivity contribution is 6.52. The number of Topliss-reactive ketones (excluding diaryl/α,β-unsaturated/α-hetero) is 1. The third-order valence-electron chi connectivity index (χ3n) is 3.42. The summed E-state index contributed by atoms with van der Waals surface area (Å²) in [5, 5.41) is 9.47. The number of ketones is 1. The van der Waals surface area contributed by atoms with Crippen molar-refractivity contribution >= 4 is 29.0 Å². The number of benzene rings is 1. The first-order valence-electron chi connectivity index (χ1n) is 6.43. The van der Waals surface area contributed by atoms with Crippen molar-refractivity contribution in [2.45, 2.75) is 26.7 Å². The lowest BCUT2D eigenvalue weighted by molar-refractivity contribution is -0.114. The molecule has 0 radical (unpaired) electrons. The lowest BCUT2D eigenvalue weighted by Crippen LogP contribution is -2.31. The van der Waals surface area contributed by atoms with Crippen LogP contribution in [0.15, 0.2) is 18.2 Å². The molecule has 0 aliphatic carbocycles. The minimum Gasteiger partial charge on any atom is -0.305 e. The van der Waals surface area contributed by atoms with E-state index < -0.39 is 17.1 Å². The van der Waals surface area contributed by atoms with Crippen LogP contribution >= 0.6 is 11.6 Å². The van der Waals surface area contributed by atoms with Crippen LogP contribution in [0.4, 0.5) is 5.69 Å². The van der Waals surface area contributed by atoms with E-state index in [0.29, 0.717) is 35.7 Å². The second-order valence-corrected chi connectivity index (χ2v) is 5.98.